The van der Waals surface area contributed by atoms with Crippen molar-refractivity contribution in [3.8, 4) is 5.75 Å². The van der Waals surface area contributed by atoms with E-state index in [2.05, 4.69) is 24.3 Å². The van der Waals surface area contributed by atoms with Crippen LogP contribution in [0.2, 0.25) is 0 Å². The molecule has 22 heavy (non-hydrogen) atoms. The lowest BCUT2D eigenvalue weighted by Gasteiger charge is -2.22. The third-order valence-electron chi connectivity index (χ3n) is 4.72. The van der Waals surface area contributed by atoms with Gasteiger partial charge in [0.15, 0.2) is 0 Å². The molecular weight excluding hydrogens is 276 g/mol. The Morgan fingerprint density at radius 2 is 1.64 bits per heavy atom. The van der Waals surface area contributed by atoms with E-state index in [1.54, 1.807) is 7.11 Å². The van der Waals surface area contributed by atoms with Crippen molar-refractivity contribution < 1.29 is 14.2 Å². The number of benzene rings is 1. The highest BCUT2D eigenvalue weighted by atomic mass is 16.6. The maximum Gasteiger partial charge on any atom is 0.119 e. The van der Waals surface area contributed by atoms with Crippen molar-refractivity contribution in [2.24, 2.45) is 0 Å². The summed E-state index contributed by atoms with van der Waals surface area (Å²) in [5.74, 6) is 1.68. The SMILES string of the molecule is COC(C)C(C)OCCOc1ccc(C2CCCCC2)cc1. The van der Waals surface area contributed by atoms with Gasteiger partial charge in [-0.2, -0.15) is 0 Å². The summed E-state index contributed by atoms with van der Waals surface area (Å²) in [4.78, 5) is 0. The zero-order valence-electron chi connectivity index (χ0n) is 14.2. The number of hydrogen-bond donors (Lipinski definition) is 0. The summed E-state index contributed by atoms with van der Waals surface area (Å²) in [6.07, 6.45) is 7.01. The van der Waals surface area contributed by atoms with Crippen molar-refractivity contribution in [1.29, 1.82) is 0 Å². The van der Waals surface area contributed by atoms with Crippen LogP contribution in [0.15, 0.2) is 24.3 Å². The van der Waals surface area contributed by atoms with E-state index in [4.69, 9.17) is 14.2 Å². The van der Waals surface area contributed by atoms with E-state index < -0.39 is 0 Å². The van der Waals surface area contributed by atoms with Crippen molar-refractivity contribution in [3.05, 3.63) is 29.8 Å². The van der Waals surface area contributed by atoms with Crippen molar-refractivity contribution >= 4 is 0 Å². The first kappa shape index (κ1) is 17.3. The average molecular weight is 306 g/mol. The van der Waals surface area contributed by atoms with Gasteiger partial charge in [-0.05, 0) is 50.3 Å². The van der Waals surface area contributed by atoms with Crippen molar-refractivity contribution in [1.82, 2.24) is 0 Å². The standard InChI is InChI=1S/C19H30O3/c1-15(20-3)16(2)21-13-14-22-19-11-9-18(10-12-19)17-7-5-4-6-8-17/h9-12,15-17H,4-8,13-14H2,1-3H3. The predicted molar refractivity (Wildman–Crippen MR) is 89.6 cm³/mol. The Kier molecular flexibility index (Phi) is 7.20. The largest absolute Gasteiger partial charge is 0.491 e. The molecule has 1 saturated carbocycles. The molecule has 1 fully saturated rings. The van der Waals surface area contributed by atoms with Crippen molar-refractivity contribution in [3.63, 3.8) is 0 Å². The van der Waals surface area contributed by atoms with Crippen LogP contribution < -0.4 is 4.74 Å². The first-order chi connectivity index (χ1) is 10.7. The van der Waals surface area contributed by atoms with Crippen LogP contribution in [0.4, 0.5) is 0 Å². The van der Waals surface area contributed by atoms with Gasteiger partial charge in [0.1, 0.15) is 12.4 Å². The Morgan fingerprint density at radius 3 is 2.27 bits per heavy atom. The Balaban J connectivity index is 1.70. The Labute approximate surface area is 135 Å². The van der Waals surface area contributed by atoms with E-state index >= 15 is 0 Å². The van der Waals surface area contributed by atoms with E-state index in [1.165, 1.54) is 37.7 Å². The summed E-state index contributed by atoms with van der Waals surface area (Å²) in [5, 5.41) is 0. The molecule has 3 nitrogen and oxygen atoms in total. The smallest absolute Gasteiger partial charge is 0.119 e. The quantitative estimate of drug-likeness (QED) is 0.659. The first-order valence-electron chi connectivity index (χ1n) is 8.58. The summed E-state index contributed by atoms with van der Waals surface area (Å²) in [7, 11) is 1.70. The number of rotatable bonds is 8. The van der Waals surface area contributed by atoms with E-state index in [9.17, 15) is 0 Å². The molecule has 3 heteroatoms. The van der Waals surface area contributed by atoms with Crippen LogP contribution in [0.5, 0.6) is 5.75 Å². The van der Waals surface area contributed by atoms with Crippen molar-refractivity contribution in [2.75, 3.05) is 20.3 Å². The van der Waals surface area contributed by atoms with Crippen LogP contribution in [0, 0.1) is 0 Å². The summed E-state index contributed by atoms with van der Waals surface area (Å²) >= 11 is 0. The molecule has 0 N–H and O–H groups in total. The molecule has 0 aliphatic heterocycles. The molecule has 0 amide bonds. The lowest BCUT2D eigenvalue weighted by atomic mass is 9.84. The monoisotopic (exact) mass is 306 g/mol. The highest BCUT2D eigenvalue weighted by molar-refractivity contribution is 5.29. The second-order valence-electron chi connectivity index (χ2n) is 6.27. The van der Waals surface area contributed by atoms with Gasteiger partial charge in [0.05, 0.1) is 18.8 Å². The average Bonchev–Trinajstić information content (AvgIpc) is 2.59. The van der Waals surface area contributed by atoms with E-state index in [-0.39, 0.29) is 12.2 Å². The highest BCUT2D eigenvalue weighted by Gasteiger charge is 2.15. The lowest BCUT2D eigenvalue weighted by Crippen LogP contribution is -2.26. The lowest BCUT2D eigenvalue weighted by molar-refractivity contribution is -0.0450. The molecule has 2 rings (SSSR count). The first-order valence-corrected chi connectivity index (χ1v) is 8.58. The molecule has 0 bridgehead atoms. The van der Waals surface area contributed by atoms with Crippen LogP contribution >= 0.6 is 0 Å². The second kappa shape index (κ2) is 9.16. The van der Waals surface area contributed by atoms with Gasteiger partial charge >= 0.3 is 0 Å². The number of methoxy groups -OCH3 is 1. The van der Waals surface area contributed by atoms with Gasteiger partial charge in [0.25, 0.3) is 0 Å². The molecule has 1 aromatic rings. The summed E-state index contributed by atoms with van der Waals surface area (Å²) in [6.45, 7) is 5.19. The van der Waals surface area contributed by atoms with Crippen LogP contribution in [0.25, 0.3) is 0 Å². The van der Waals surface area contributed by atoms with Crippen LogP contribution in [0.1, 0.15) is 57.4 Å². The molecule has 2 atom stereocenters. The molecule has 1 aliphatic carbocycles. The molecular formula is C19H30O3. The van der Waals surface area contributed by atoms with E-state index in [0.717, 1.165) is 11.7 Å². The molecule has 1 aliphatic rings. The fourth-order valence-electron chi connectivity index (χ4n) is 2.99. The van der Waals surface area contributed by atoms with Crippen LogP contribution in [-0.4, -0.2) is 32.5 Å². The van der Waals surface area contributed by atoms with Gasteiger partial charge in [-0.15, -0.1) is 0 Å². The molecule has 0 radical (unpaired) electrons. The Bertz CT molecular complexity index is 409. The summed E-state index contributed by atoms with van der Waals surface area (Å²) in [6, 6.07) is 8.62. The maximum absolute atomic E-state index is 5.75. The van der Waals surface area contributed by atoms with Crippen molar-refractivity contribution in [2.45, 2.75) is 64.1 Å². The molecule has 0 heterocycles. The number of hydrogen-bond acceptors (Lipinski definition) is 3. The third kappa shape index (κ3) is 5.29. The Morgan fingerprint density at radius 1 is 0.955 bits per heavy atom. The molecule has 0 saturated heterocycles. The van der Waals surface area contributed by atoms with Gasteiger partial charge in [-0.25, -0.2) is 0 Å². The molecule has 0 aromatic heterocycles. The van der Waals surface area contributed by atoms with Gasteiger partial charge < -0.3 is 14.2 Å². The van der Waals surface area contributed by atoms with Crippen LogP contribution in [0.3, 0.4) is 0 Å². The Hall–Kier alpha value is -1.06. The van der Waals surface area contributed by atoms with E-state index in [0.29, 0.717) is 13.2 Å². The molecule has 0 spiro atoms. The second-order valence-corrected chi connectivity index (χ2v) is 6.27. The maximum atomic E-state index is 5.75. The normalized spacial score (nSPS) is 18.9. The van der Waals surface area contributed by atoms with Gasteiger partial charge in [0.2, 0.25) is 0 Å². The summed E-state index contributed by atoms with van der Waals surface area (Å²) in [5.41, 5.74) is 1.46. The third-order valence-corrected chi connectivity index (χ3v) is 4.72. The minimum absolute atomic E-state index is 0.0854. The van der Waals surface area contributed by atoms with Gasteiger partial charge in [0, 0.05) is 7.11 Å². The molecule has 124 valence electrons. The zero-order valence-corrected chi connectivity index (χ0v) is 14.2. The molecule has 1 aromatic carbocycles. The van der Waals surface area contributed by atoms with E-state index in [1.807, 2.05) is 13.8 Å². The minimum Gasteiger partial charge on any atom is -0.491 e. The summed E-state index contributed by atoms with van der Waals surface area (Å²) < 4.78 is 16.7. The van der Waals surface area contributed by atoms with Crippen LogP contribution in [-0.2, 0) is 9.47 Å². The van der Waals surface area contributed by atoms with Gasteiger partial charge in [-0.3, -0.25) is 0 Å². The zero-order chi connectivity index (χ0) is 15.8. The minimum atomic E-state index is 0.0854. The highest BCUT2D eigenvalue weighted by Crippen LogP contribution is 2.33. The fourth-order valence-corrected chi connectivity index (χ4v) is 2.99. The van der Waals surface area contributed by atoms with Gasteiger partial charge in [-0.1, -0.05) is 31.4 Å². The molecule has 2 unspecified atom stereocenters. The topological polar surface area (TPSA) is 27.7 Å². The number of ether oxygens (including phenoxy) is 3. The fraction of sp³-hybridized carbons (Fsp3) is 0.684. The predicted octanol–water partition coefficient (Wildman–Crippen LogP) is 4.55.